The minimum absolute atomic E-state index is 0.160. The van der Waals surface area contributed by atoms with E-state index in [0.29, 0.717) is 16.8 Å². The average molecular weight is 348 g/mol. The summed E-state index contributed by atoms with van der Waals surface area (Å²) < 4.78 is 12.0. The number of furan rings is 1. The molecule has 0 saturated carbocycles. The van der Waals surface area contributed by atoms with Crippen LogP contribution >= 0.6 is 0 Å². The van der Waals surface area contributed by atoms with E-state index < -0.39 is 18.4 Å². The van der Waals surface area contributed by atoms with Crippen molar-refractivity contribution < 1.29 is 18.7 Å². The molecule has 0 aliphatic rings. The molecule has 0 unspecified atom stereocenters. The fraction of sp³-hybridized carbons (Fsp3) is 0.0556. The number of ether oxygens (including phenoxy) is 1. The maximum Gasteiger partial charge on any atom is 0.338 e. The van der Waals surface area contributed by atoms with Crippen LogP contribution in [0.15, 0.2) is 65.3 Å². The van der Waals surface area contributed by atoms with Crippen molar-refractivity contribution in [2.75, 3.05) is 6.61 Å². The second-order valence-electron chi connectivity index (χ2n) is 5.45. The number of nitrogens with zero attached hydrogens (tertiary/aromatic N) is 4. The zero-order valence-corrected chi connectivity index (χ0v) is 13.4. The molecular formula is C18H12N4O4. The Bertz CT molecular complexity index is 1040. The highest BCUT2D eigenvalue weighted by Crippen LogP contribution is 2.19. The van der Waals surface area contributed by atoms with Crippen molar-refractivity contribution in [3.8, 4) is 5.69 Å². The molecule has 0 radical (unpaired) electrons. The molecule has 4 aromatic rings. The molecule has 0 fully saturated rings. The van der Waals surface area contributed by atoms with Gasteiger partial charge in [0.1, 0.15) is 11.9 Å². The van der Waals surface area contributed by atoms with Gasteiger partial charge < -0.3 is 9.15 Å². The summed E-state index contributed by atoms with van der Waals surface area (Å²) in [4.78, 5) is 24.3. The minimum atomic E-state index is -0.599. The van der Waals surface area contributed by atoms with E-state index in [2.05, 4.69) is 15.5 Å². The van der Waals surface area contributed by atoms with Crippen molar-refractivity contribution >= 4 is 22.7 Å². The van der Waals surface area contributed by atoms with Crippen LogP contribution < -0.4 is 0 Å². The molecule has 26 heavy (non-hydrogen) atoms. The molecular weight excluding hydrogens is 336 g/mol. The van der Waals surface area contributed by atoms with Crippen LogP contribution in [-0.2, 0) is 4.74 Å². The number of ketones is 1. The van der Waals surface area contributed by atoms with Crippen molar-refractivity contribution in [3.63, 3.8) is 0 Å². The standard InChI is InChI=1S/C18H12N4O4/c23-15(17-9-13-3-1-2-4-16(13)26-17)10-25-18(24)12-5-7-14(8-6-12)22-11-19-20-21-22/h1-9,11H,10H2. The van der Waals surface area contributed by atoms with E-state index in [1.54, 1.807) is 36.4 Å². The average Bonchev–Trinajstić information content (AvgIpc) is 3.35. The Labute approximate surface area is 147 Å². The van der Waals surface area contributed by atoms with Gasteiger partial charge >= 0.3 is 5.97 Å². The lowest BCUT2D eigenvalue weighted by atomic mass is 10.2. The maximum atomic E-state index is 12.2. The van der Waals surface area contributed by atoms with Crippen molar-refractivity contribution in [2.45, 2.75) is 0 Å². The van der Waals surface area contributed by atoms with Crippen LogP contribution in [0.5, 0.6) is 0 Å². The van der Waals surface area contributed by atoms with Crippen molar-refractivity contribution in [1.82, 2.24) is 20.2 Å². The summed E-state index contributed by atoms with van der Waals surface area (Å²) in [6, 6.07) is 15.4. The molecule has 0 saturated heterocycles. The largest absolute Gasteiger partial charge is 0.454 e. The molecule has 0 atom stereocenters. The van der Waals surface area contributed by atoms with Crippen LogP contribution in [0.4, 0.5) is 0 Å². The SMILES string of the molecule is O=C(OCC(=O)c1cc2ccccc2o1)c1ccc(-n2cnnn2)cc1. The van der Waals surface area contributed by atoms with E-state index in [1.165, 1.54) is 11.0 Å². The number of para-hydroxylation sites is 1. The topological polar surface area (TPSA) is 100 Å². The molecule has 8 nitrogen and oxygen atoms in total. The Balaban J connectivity index is 1.40. The number of carbonyl (C=O) groups excluding carboxylic acids is 2. The number of carbonyl (C=O) groups is 2. The maximum absolute atomic E-state index is 12.2. The summed E-state index contributed by atoms with van der Waals surface area (Å²) in [5.74, 6) is -0.842. The summed E-state index contributed by atoms with van der Waals surface area (Å²) in [5, 5.41) is 11.7. The first-order valence-electron chi connectivity index (χ1n) is 7.73. The highest BCUT2D eigenvalue weighted by atomic mass is 16.5. The van der Waals surface area contributed by atoms with Gasteiger partial charge in [-0.25, -0.2) is 9.48 Å². The summed E-state index contributed by atoms with van der Waals surface area (Å²) in [6.45, 7) is -0.395. The second kappa shape index (κ2) is 6.60. The van der Waals surface area contributed by atoms with Crippen LogP contribution in [0.2, 0.25) is 0 Å². The molecule has 2 aromatic heterocycles. The van der Waals surface area contributed by atoms with Gasteiger partial charge in [0.25, 0.3) is 0 Å². The zero-order chi connectivity index (χ0) is 17.9. The highest BCUT2D eigenvalue weighted by Gasteiger charge is 2.15. The summed E-state index contributed by atoms with van der Waals surface area (Å²) in [7, 11) is 0. The number of hydrogen-bond acceptors (Lipinski definition) is 7. The van der Waals surface area contributed by atoms with Gasteiger partial charge in [0.2, 0.25) is 5.78 Å². The quantitative estimate of drug-likeness (QED) is 0.403. The predicted octanol–water partition coefficient (Wildman–Crippen LogP) is 2.45. The van der Waals surface area contributed by atoms with Gasteiger partial charge in [0.15, 0.2) is 12.4 Å². The number of aromatic nitrogens is 4. The Hall–Kier alpha value is -3.81. The highest BCUT2D eigenvalue weighted by molar-refractivity contribution is 6.00. The number of fused-ring (bicyclic) bond motifs is 1. The molecule has 8 heteroatoms. The van der Waals surface area contributed by atoms with Gasteiger partial charge in [-0.05, 0) is 46.8 Å². The van der Waals surface area contributed by atoms with E-state index >= 15 is 0 Å². The number of esters is 1. The first-order chi connectivity index (χ1) is 12.7. The lowest BCUT2D eigenvalue weighted by Gasteiger charge is -2.04. The van der Waals surface area contributed by atoms with Gasteiger partial charge in [0, 0.05) is 5.39 Å². The molecule has 0 bridgehead atoms. The summed E-state index contributed by atoms with van der Waals surface area (Å²) in [6.07, 6.45) is 1.44. The van der Waals surface area contributed by atoms with Gasteiger partial charge in [-0.1, -0.05) is 18.2 Å². The molecule has 0 aliphatic carbocycles. The molecule has 128 valence electrons. The van der Waals surface area contributed by atoms with Crippen molar-refractivity contribution in [1.29, 1.82) is 0 Å². The zero-order valence-electron chi connectivity index (χ0n) is 13.4. The first-order valence-corrected chi connectivity index (χ1v) is 7.73. The number of hydrogen-bond donors (Lipinski definition) is 0. The second-order valence-corrected chi connectivity index (χ2v) is 5.45. The van der Waals surface area contributed by atoms with E-state index in [1.807, 2.05) is 18.2 Å². The van der Waals surface area contributed by atoms with Crippen LogP contribution in [0.3, 0.4) is 0 Å². The Morgan fingerprint density at radius 2 is 1.88 bits per heavy atom. The van der Waals surface area contributed by atoms with E-state index in [0.717, 1.165) is 5.39 Å². The van der Waals surface area contributed by atoms with Gasteiger partial charge in [0.05, 0.1) is 11.3 Å². The minimum Gasteiger partial charge on any atom is -0.454 e. The van der Waals surface area contributed by atoms with Crippen molar-refractivity contribution in [2.24, 2.45) is 0 Å². The molecule has 2 heterocycles. The first kappa shape index (κ1) is 15.7. The monoisotopic (exact) mass is 348 g/mol. The number of benzene rings is 2. The normalized spacial score (nSPS) is 10.8. The molecule has 0 spiro atoms. The Morgan fingerprint density at radius 3 is 2.62 bits per heavy atom. The Kier molecular flexibility index (Phi) is 3.98. The lowest BCUT2D eigenvalue weighted by molar-refractivity contribution is 0.0468. The van der Waals surface area contributed by atoms with Crippen molar-refractivity contribution in [3.05, 3.63) is 72.2 Å². The van der Waals surface area contributed by atoms with Crippen LogP contribution in [0, 0.1) is 0 Å². The lowest BCUT2D eigenvalue weighted by Crippen LogP contribution is -2.13. The third kappa shape index (κ3) is 3.07. The number of Topliss-reactive ketones (excluding diaryl/α,β-unsaturated/α-hetero) is 1. The molecule has 4 rings (SSSR count). The number of rotatable bonds is 5. The van der Waals surface area contributed by atoms with Crippen LogP contribution in [0.25, 0.3) is 16.7 Å². The third-order valence-corrected chi connectivity index (χ3v) is 3.75. The molecule has 0 N–H and O–H groups in total. The van der Waals surface area contributed by atoms with Crippen LogP contribution in [-0.4, -0.2) is 38.6 Å². The Morgan fingerprint density at radius 1 is 1.08 bits per heavy atom. The summed E-state index contributed by atoms with van der Waals surface area (Å²) >= 11 is 0. The fourth-order valence-corrected chi connectivity index (χ4v) is 2.43. The molecule has 0 amide bonds. The van der Waals surface area contributed by atoms with E-state index in [-0.39, 0.29) is 5.76 Å². The van der Waals surface area contributed by atoms with E-state index in [9.17, 15) is 9.59 Å². The third-order valence-electron chi connectivity index (χ3n) is 3.75. The summed E-state index contributed by atoms with van der Waals surface area (Å²) in [5.41, 5.74) is 1.63. The molecule has 2 aromatic carbocycles. The van der Waals surface area contributed by atoms with Crippen LogP contribution in [0.1, 0.15) is 20.9 Å². The van der Waals surface area contributed by atoms with Gasteiger partial charge in [-0.2, -0.15) is 0 Å². The number of tetrazole rings is 1. The predicted molar refractivity (Wildman–Crippen MR) is 90.0 cm³/mol. The van der Waals surface area contributed by atoms with Gasteiger partial charge in [-0.15, -0.1) is 5.10 Å². The molecule has 0 aliphatic heterocycles. The van der Waals surface area contributed by atoms with E-state index in [4.69, 9.17) is 9.15 Å². The smallest absolute Gasteiger partial charge is 0.338 e. The fourth-order valence-electron chi connectivity index (χ4n) is 2.43. The van der Waals surface area contributed by atoms with Gasteiger partial charge in [-0.3, -0.25) is 4.79 Å².